The van der Waals surface area contributed by atoms with Crippen LogP contribution in [0, 0.1) is 17.8 Å². The molecule has 1 aliphatic carbocycles. The molecule has 0 N–H and O–H groups in total. The second kappa shape index (κ2) is 4.23. The first-order chi connectivity index (χ1) is 6.65. The molecule has 2 fully saturated rings. The van der Waals surface area contributed by atoms with Crippen LogP contribution in [0.5, 0.6) is 0 Å². The predicted molar refractivity (Wildman–Crippen MR) is 60.3 cm³/mol. The monoisotopic (exact) mass is 213 g/mol. The lowest BCUT2D eigenvalue weighted by Gasteiger charge is -2.13. The molecule has 0 amide bonds. The first-order valence-electron chi connectivity index (χ1n) is 5.47. The Labute approximate surface area is 90.4 Å². The van der Waals surface area contributed by atoms with Gasteiger partial charge in [-0.2, -0.15) is 0 Å². The molecule has 0 bridgehead atoms. The van der Waals surface area contributed by atoms with E-state index in [1.807, 2.05) is 0 Å². The highest BCUT2D eigenvalue weighted by atomic mass is 32.2. The molecule has 0 spiro atoms. The van der Waals surface area contributed by atoms with Crippen molar-refractivity contribution >= 4 is 16.9 Å². The van der Waals surface area contributed by atoms with E-state index in [2.05, 4.69) is 11.9 Å². The van der Waals surface area contributed by atoms with E-state index in [1.165, 1.54) is 37.7 Å². The summed E-state index contributed by atoms with van der Waals surface area (Å²) in [5.74, 6) is 3.73. The number of hydrogen-bond acceptors (Lipinski definition) is 3. The highest BCUT2D eigenvalue weighted by molar-refractivity contribution is 8.13. The Morgan fingerprint density at radius 3 is 2.43 bits per heavy atom. The van der Waals surface area contributed by atoms with Crippen LogP contribution in [0.15, 0.2) is 0 Å². The predicted octanol–water partition coefficient (Wildman–Crippen LogP) is 1.85. The molecule has 1 aliphatic heterocycles. The number of fused-ring (bicyclic) bond motifs is 1. The minimum atomic E-state index is 0.277. The van der Waals surface area contributed by atoms with E-state index in [-0.39, 0.29) is 5.12 Å². The molecule has 0 aromatic heterocycles. The first kappa shape index (κ1) is 10.5. The van der Waals surface area contributed by atoms with Crippen LogP contribution in [-0.2, 0) is 4.79 Å². The Morgan fingerprint density at radius 1 is 1.36 bits per heavy atom. The summed E-state index contributed by atoms with van der Waals surface area (Å²) in [7, 11) is 2.22. The normalized spacial score (nSPS) is 37.4. The van der Waals surface area contributed by atoms with E-state index in [4.69, 9.17) is 0 Å². The lowest BCUT2D eigenvalue weighted by atomic mass is 10.0. The fourth-order valence-corrected chi connectivity index (χ4v) is 3.77. The molecule has 3 heteroatoms. The number of likely N-dealkylation sites (tertiary alicyclic amines) is 1. The summed E-state index contributed by atoms with van der Waals surface area (Å²) in [6.45, 7) is 4.24. The third-order valence-electron chi connectivity index (χ3n) is 3.55. The van der Waals surface area contributed by atoms with Crippen LogP contribution in [0.25, 0.3) is 0 Å². The Balaban J connectivity index is 1.77. The number of rotatable bonds is 2. The van der Waals surface area contributed by atoms with Crippen LogP contribution in [-0.4, -0.2) is 35.9 Å². The van der Waals surface area contributed by atoms with Gasteiger partial charge in [-0.05, 0) is 37.6 Å². The molecule has 2 aliphatic rings. The summed E-state index contributed by atoms with van der Waals surface area (Å²) in [5.41, 5.74) is 0. The van der Waals surface area contributed by atoms with Gasteiger partial charge in [0.2, 0.25) is 0 Å². The van der Waals surface area contributed by atoms with Gasteiger partial charge in [0.25, 0.3) is 0 Å². The largest absolute Gasteiger partial charge is 0.306 e. The molecule has 0 aromatic rings. The van der Waals surface area contributed by atoms with Crippen LogP contribution in [0.3, 0.4) is 0 Å². The van der Waals surface area contributed by atoms with Gasteiger partial charge in [-0.1, -0.05) is 11.8 Å². The van der Waals surface area contributed by atoms with E-state index in [0.717, 1.165) is 23.5 Å². The van der Waals surface area contributed by atoms with E-state index < -0.39 is 0 Å². The molecular weight excluding hydrogens is 194 g/mol. The van der Waals surface area contributed by atoms with Gasteiger partial charge in [0.15, 0.2) is 5.12 Å². The smallest absolute Gasteiger partial charge is 0.185 e. The van der Waals surface area contributed by atoms with Crippen molar-refractivity contribution in [1.29, 1.82) is 0 Å². The minimum Gasteiger partial charge on any atom is -0.306 e. The lowest BCUT2D eigenvalue weighted by Crippen LogP contribution is -2.17. The van der Waals surface area contributed by atoms with Crippen molar-refractivity contribution in [3.05, 3.63) is 0 Å². The van der Waals surface area contributed by atoms with Crippen molar-refractivity contribution in [2.45, 2.75) is 19.8 Å². The van der Waals surface area contributed by atoms with Gasteiger partial charge < -0.3 is 4.90 Å². The highest BCUT2D eigenvalue weighted by Gasteiger charge is 2.39. The molecule has 0 radical (unpaired) electrons. The molecule has 2 nitrogen and oxygen atoms in total. The van der Waals surface area contributed by atoms with Crippen molar-refractivity contribution in [2.24, 2.45) is 17.8 Å². The van der Waals surface area contributed by atoms with Gasteiger partial charge >= 0.3 is 0 Å². The maximum absolute atomic E-state index is 10.9. The second-order valence-corrected chi connectivity index (χ2v) is 6.08. The number of thioether (sulfide) groups is 1. The van der Waals surface area contributed by atoms with Crippen molar-refractivity contribution in [3.8, 4) is 0 Å². The molecule has 2 rings (SSSR count). The van der Waals surface area contributed by atoms with E-state index in [9.17, 15) is 4.79 Å². The fourth-order valence-electron chi connectivity index (χ4n) is 3.03. The van der Waals surface area contributed by atoms with Crippen LogP contribution in [0.4, 0.5) is 0 Å². The summed E-state index contributed by atoms with van der Waals surface area (Å²) in [6.07, 6.45) is 2.71. The summed E-state index contributed by atoms with van der Waals surface area (Å²) in [6, 6.07) is 0. The van der Waals surface area contributed by atoms with Crippen molar-refractivity contribution in [2.75, 3.05) is 25.9 Å². The maximum Gasteiger partial charge on any atom is 0.185 e. The zero-order valence-corrected chi connectivity index (χ0v) is 9.85. The average Bonchev–Trinajstić information content (AvgIpc) is 2.57. The fraction of sp³-hybridized carbons (Fsp3) is 0.909. The van der Waals surface area contributed by atoms with E-state index in [1.54, 1.807) is 6.92 Å². The zero-order valence-electron chi connectivity index (χ0n) is 9.03. The Hall–Kier alpha value is -0.0200. The molecule has 2 atom stereocenters. The Morgan fingerprint density at radius 2 is 1.93 bits per heavy atom. The van der Waals surface area contributed by atoms with Gasteiger partial charge in [-0.25, -0.2) is 0 Å². The van der Waals surface area contributed by atoms with Crippen molar-refractivity contribution in [1.82, 2.24) is 4.90 Å². The molecule has 1 saturated heterocycles. The third kappa shape index (κ3) is 2.31. The molecular formula is C11H19NOS. The van der Waals surface area contributed by atoms with Gasteiger partial charge in [-0.15, -0.1) is 0 Å². The van der Waals surface area contributed by atoms with Crippen LogP contribution in [0.2, 0.25) is 0 Å². The highest BCUT2D eigenvalue weighted by Crippen LogP contribution is 2.42. The molecule has 0 aromatic carbocycles. The van der Waals surface area contributed by atoms with Crippen LogP contribution in [0.1, 0.15) is 19.8 Å². The van der Waals surface area contributed by atoms with Crippen molar-refractivity contribution in [3.63, 3.8) is 0 Å². The number of carbonyl (C=O) groups is 1. The quantitative estimate of drug-likeness (QED) is 0.698. The van der Waals surface area contributed by atoms with Gasteiger partial charge in [0.05, 0.1) is 0 Å². The average molecular weight is 213 g/mol. The standard InChI is InChI=1S/C11H19NOS/c1-8(13)14-7-9-3-10-5-12(2)6-11(10)4-9/h9-11H,3-7H2,1-2H3. The SMILES string of the molecule is CC(=O)SCC1CC2CN(C)CC2C1. The van der Waals surface area contributed by atoms with Crippen LogP contribution < -0.4 is 0 Å². The van der Waals surface area contributed by atoms with Crippen LogP contribution >= 0.6 is 11.8 Å². The number of carbonyl (C=O) groups excluding carboxylic acids is 1. The number of hydrogen-bond donors (Lipinski definition) is 0. The van der Waals surface area contributed by atoms with Crippen molar-refractivity contribution < 1.29 is 4.79 Å². The van der Waals surface area contributed by atoms with Gasteiger partial charge in [0, 0.05) is 25.8 Å². The van der Waals surface area contributed by atoms with E-state index in [0.29, 0.717) is 0 Å². The molecule has 1 heterocycles. The zero-order chi connectivity index (χ0) is 10.1. The topological polar surface area (TPSA) is 20.3 Å². The molecule has 1 saturated carbocycles. The van der Waals surface area contributed by atoms with Gasteiger partial charge in [-0.3, -0.25) is 4.79 Å². The van der Waals surface area contributed by atoms with E-state index >= 15 is 0 Å². The van der Waals surface area contributed by atoms with Gasteiger partial charge in [0.1, 0.15) is 0 Å². The maximum atomic E-state index is 10.9. The minimum absolute atomic E-state index is 0.277. The Kier molecular flexibility index (Phi) is 3.17. The summed E-state index contributed by atoms with van der Waals surface area (Å²) < 4.78 is 0. The first-order valence-corrected chi connectivity index (χ1v) is 6.45. The molecule has 2 unspecified atom stereocenters. The Bertz CT molecular complexity index is 217. The number of nitrogens with zero attached hydrogens (tertiary/aromatic N) is 1. The second-order valence-electron chi connectivity index (χ2n) is 4.88. The summed E-state index contributed by atoms with van der Waals surface area (Å²) in [5, 5.41) is 0.277. The third-order valence-corrected chi connectivity index (χ3v) is 4.60. The summed E-state index contributed by atoms with van der Waals surface area (Å²) in [4.78, 5) is 13.3. The lowest BCUT2D eigenvalue weighted by molar-refractivity contribution is -0.109. The summed E-state index contributed by atoms with van der Waals surface area (Å²) >= 11 is 1.52. The molecule has 14 heavy (non-hydrogen) atoms. The molecule has 80 valence electrons.